The van der Waals surface area contributed by atoms with E-state index in [0.717, 1.165) is 17.8 Å². The van der Waals surface area contributed by atoms with Crippen LogP contribution in [0.5, 0.6) is 0 Å². The van der Waals surface area contributed by atoms with E-state index < -0.39 is 6.04 Å². The van der Waals surface area contributed by atoms with Gasteiger partial charge in [0.1, 0.15) is 0 Å². The van der Waals surface area contributed by atoms with Crippen LogP contribution in [0.25, 0.3) is 0 Å². The Morgan fingerprint density at radius 2 is 1.65 bits per heavy atom. The number of nitrogens with two attached hydrogens (primary N) is 1. The highest BCUT2D eigenvalue weighted by Gasteiger charge is 2.28. The summed E-state index contributed by atoms with van der Waals surface area (Å²) in [4.78, 5) is 16.9. The molecular weight excluding hydrogens is 322 g/mol. The van der Waals surface area contributed by atoms with Gasteiger partial charge in [-0.05, 0) is 63.4 Å². The second kappa shape index (κ2) is 7.92. The Kier molecular flexibility index (Phi) is 5.62. The van der Waals surface area contributed by atoms with Crippen molar-refractivity contribution in [2.45, 2.75) is 52.2 Å². The monoisotopic (exact) mass is 351 g/mol. The van der Waals surface area contributed by atoms with Crippen molar-refractivity contribution < 1.29 is 4.79 Å². The summed E-state index contributed by atoms with van der Waals surface area (Å²) in [7, 11) is 0. The molecule has 0 bridgehead atoms. The smallest absolute Gasteiger partial charge is 0.243 e. The second-order valence-electron chi connectivity index (χ2n) is 7.23. The topological polar surface area (TPSA) is 49.6 Å². The number of rotatable bonds is 7. The maximum absolute atomic E-state index is 12.6. The molecule has 2 aromatic rings. The van der Waals surface area contributed by atoms with E-state index >= 15 is 0 Å². The summed E-state index contributed by atoms with van der Waals surface area (Å²) in [5, 5.41) is 0. The van der Waals surface area contributed by atoms with E-state index in [1.807, 2.05) is 31.2 Å². The van der Waals surface area contributed by atoms with Gasteiger partial charge in [-0.15, -0.1) is 0 Å². The maximum atomic E-state index is 12.6. The van der Waals surface area contributed by atoms with Crippen molar-refractivity contribution in [1.29, 1.82) is 0 Å². The summed E-state index contributed by atoms with van der Waals surface area (Å²) in [6.45, 7) is 7.54. The molecule has 0 radical (unpaired) electrons. The van der Waals surface area contributed by atoms with Gasteiger partial charge in [-0.25, -0.2) is 0 Å². The van der Waals surface area contributed by atoms with Gasteiger partial charge in [0.15, 0.2) is 0 Å². The molecule has 0 heterocycles. The molecule has 0 spiro atoms. The standard InChI is InChI=1S/C22H29N3O/c1-4-24(20-13-14-20)19-11-7-18(8-12-19)15-25(22(26)17(3)23)21-9-5-16(2)6-10-21/h5-12,17,20H,4,13-15,23H2,1-3H3. The maximum Gasteiger partial charge on any atom is 0.243 e. The first-order valence-electron chi connectivity index (χ1n) is 9.48. The summed E-state index contributed by atoms with van der Waals surface area (Å²) < 4.78 is 0. The molecule has 2 N–H and O–H groups in total. The molecule has 1 amide bonds. The highest BCUT2D eigenvalue weighted by molar-refractivity contribution is 5.96. The highest BCUT2D eigenvalue weighted by atomic mass is 16.2. The lowest BCUT2D eigenvalue weighted by molar-refractivity contribution is -0.119. The van der Waals surface area contributed by atoms with Gasteiger partial charge in [-0.1, -0.05) is 29.8 Å². The Morgan fingerprint density at radius 1 is 1.08 bits per heavy atom. The van der Waals surface area contributed by atoms with Crippen molar-refractivity contribution in [3.63, 3.8) is 0 Å². The molecule has 4 nitrogen and oxygen atoms in total. The van der Waals surface area contributed by atoms with Crippen LogP contribution in [0.15, 0.2) is 48.5 Å². The normalized spacial score (nSPS) is 14.8. The fourth-order valence-electron chi connectivity index (χ4n) is 3.28. The molecule has 0 aromatic heterocycles. The Labute approximate surface area is 156 Å². The molecular formula is C22H29N3O. The van der Waals surface area contributed by atoms with Crippen LogP contribution in [0.2, 0.25) is 0 Å². The zero-order valence-electron chi connectivity index (χ0n) is 16.0. The van der Waals surface area contributed by atoms with Gasteiger partial charge in [0.2, 0.25) is 5.91 Å². The fraction of sp³-hybridized carbons (Fsp3) is 0.409. The number of aryl methyl sites for hydroxylation is 1. The van der Waals surface area contributed by atoms with E-state index in [1.165, 1.54) is 24.1 Å². The SMILES string of the molecule is CCN(c1ccc(CN(C(=O)C(C)N)c2ccc(C)cc2)cc1)C1CC1. The zero-order valence-corrected chi connectivity index (χ0v) is 16.0. The van der Waals surface area contributed by atoms with E-state index in [0.29, 0.717) is 12.6 Å². The van der Waals surface area contributed by atoms with Crippen LogP contribution < -0.4 is 15.5 Å². The number of benzene rings is 2. The predicted molar refractivity (Wildman–Crippen MR) is 109 cm³/mol. The molecule has 1 aliphatic rings. The van der Waals surface area contributed by atoms with Gasteiger partial charge >= 0.3 is 0 Å². The average Bonchev–Trinajstić information content (AvgIpc) is 3.47. The highest BCUT2D eigenvalue weighted by Crippen LogP contribution is 2.31. The first-order chi connectivity index (χ1) is 12.5. The second-order valence-corrected chi connectivity index (χ2v) is 7.23. The number of amides is 1. The lowest BCUT2D eigenvalue weighted by Crippen LogP contribution is -2.41. The average molecular weight is 351 g/mol. The van der Waals surface area contributed by atoms with Crippen LogP contribution in [0.3, 0.4) is 0 Å². The molecule has 1 unspecified atom stereocenters. The minimum absolute atomic E-state index is 0.0638. The van der Waals surface area contributed by atoms with E-state index in [1.54, 1.807) is 11.8 Å². The zero-order chi connectivity index (χ0) is 18.7. The number of anilines is 2. The van der Waals surface area contributed by atoms with Crippen LogP contribution in [0.4, 0.5) is 11.4 Å². The minimum atomic E-state index is -0.527. The third kappa shape index (κ3) is 4.25. The van der Waals surface area contributed by atoms with E-state index in [-0.39, 0.29) is 5.91 Å². The minimum Gasteiger partial charge on any atom is -0.369 e. The molecule has 1 saturated carbocycles. The van der Waals surface area contributed by atoms with Crippen molar-refractivity contribution >= 4 is 17.3 Å². The van der Waals surface area contributed by atoms with E-state index in [9.17, 15) is 4.79 Å². The van der Waals surface area contributed by atoms with Crippen LogP contribution in [0, 0.1) is 6.92 Å². The number of carbonyl (C=O) groups excluding carboxylic acids is 1. The lowest BCUT2D eigenvalue weighted by atomic mass is 10.1. The molecule has 1 atom stereocenters. The third-order valence-corrected chi connectivity index (χ3v) is 4.94. The molecule has 26 heavy (non-hydrogen) atoms. The van der Waals surface area contributed by atoms with Gasteiger partial charge in [-0.3, -0.25) is 4.79 Å². The van der Waals surface area contributed by atoms with Gasteiger partial charge in [0.05, 0.1) is 12.6 Å². The van der Waals surface area contributed by atoms with Gasteiger partial charge < -0.3 is 15.5 Å². The van der Waals surface area contributed by atoms with Crippen molar-refractivity contribution in [3.05, 3.63) is 59.7 Å². The van der Waals surface area contributed by atoms with Gasteiger partial charge in [0.25, 0.3) is 0 Å². The largest absolute Gasteiger partial charge is 0.369 e. The molecule has 0 saturated heterocycles. The first-order valence-corrected chi connectivity index (χ1v) is 9.48. The Balaban J connectivity index is 1.79. The van der Waals surface area contributed by atoms with Crippen LogP contribution >= 0.6 is 0 Å². The van der Waals surface area contributed by atoms with Crippen molar-refractivity contribution in [3.8, 4) is 0 Å². The summed E-state index contributed by atoms with van der Waals surface area (Å²) in [5.74, 6) is -0.0638. The number of nitrogens with zero attached hydrogens (tertiary/aromatic N) is 2. The van der Waals surface area contributed by atoms with E-state index in [2.05, 4.69) is 36.1 Å². The Morgan fingerprint density at radius 3 is 2.15 bits per heavy atom. The van der Waals surface area contributed by atoms with Crippen molar-refractivity contribution in [1.82, 2.24) is 0 Å². The first kappa shape index (κ1) is 18.5. The fourth-order valence-corrected chi connectivity index (χ4v) is 3.28. The molecule has 1 aliphatic carbocycles. The third-order valence-electron chi connectivity index (χ3n) is 4.94. The summed E-state index contributed by atoms with van der Waals surface area (Å²) in [6, 6.07) is 16.8. The summed E-state index contributed by atoms with van der Waals surface area (Å²) >= 11 is 0. The lowest BCUT2D eigenvalue weighted by Gasteiger charge is -2.26. The van der Waals surface area contributed by atoms with E-state index in [4.69, 9.17) is 5.73 Å². The van der Waals surface area contributed by atoms with Crippen molar-refractivity contribution in [2.75, 3.05) is 16.3 Å². The van der Waals surface area contributed by atoms with Crippen LogP contribution in [-0.4, -0.2) is 24.5 Å². The van der Waals surface area contributed by atoms with Crippen LogP contribution in [-0.2, 0) is 11.3 Å². The number of hydrogen-bond donors (Lipinski definition) is 1. The number of hydrogen-bond acceptors (Lipinski definition) is 3. The van der Waals surface area contributed by atoms with Crippen LogP contribution in [0.1, 0.15) is 37.8 Å². The molecule has 4 heteroatoms. The Hall–Kier alpha value is -2.33. The van der Waals surface area contributed by atoms with Gasteiger partial charge in [0, 0.05) is 24.0 Å². The summed E-state index contributed by atoms with van der Waals surface area (Å²) in [6.07, 6.45) is 2.58. The van der Waals surface area contributed by atoms with Gasteiger partial charge in [-0.2, -0.15) is 0 Å². The predicted octanol–water partition coefficient (Wildman–Crippen LogP) is 3.86. The quantitative estimate of drug-likeness (QED) is 0.824. The molecule has 2 aromatic carbocycles. The molecule has 0 aliphatic heterocycles. The molecule has 138 valence electrons. The Bertz CT molecular complexity index is 733. The number of carbonyl (C=O) groups is 1. The summed E-state index contributed by atoms with van der Waals surface area (Å²) in [5.41, 5.74) is 10.3. The molecule has 3 rings (SSSR count). The molecule has 1 fully saturated rings. The van der Waals surface area contributed by atoms with Crippen molar-refractivity contribution in [2.24, 2.45) is 5.73 Å².